The second-order valence-corrected chi connectivity index (χ2v) is 8.23. The molecule has 1 N–H and O–H groups in total. The first-order chi connectivity index (χ1) is 13.6. The van der Waals surface area contributed by atoms with Gasteiger partial charge >= 0.3 is 5.97 Å². The van der Waals surface area contributed by atoms with Crippen molar-refractivity contribution in [2.45, 2.75) is 4.90 Å². The smallest absolute Gasteiger partial charge is 0.321 e. The Labute approximate surface area is 172 Å². The average molecular weight is 445 g/mol. The van der Waals surface area contributed by atoms with Crippen molar-refractivity contribution in [1.29, 1.82) is 0 Å². The molecule has 0 atom stereocenters. The highest BCUT2D eigenvalue weighted by atomic mass is 35.5. The monoisotopic (exact) mass is 444 g/mol. The van der Waals surface area contributed by atoms with Crippen molar-refractivity contribution in [3.63, 3.8) is 0 Å². The van der Waals surface area contributed by atoms with Crippen LogP contribution in [-0.2, 0) is 24.3 Å². The molecule has 0 unspecified atom stereocenters. The molecule has 2 rings (SSSR count). The van der Waals surface area contributed by atoms with Crippen molar-refractivity contribution < 1.29 is 31.9 Å². The minimum Gasteiger partial charge on any atom is -0.495 e. The van der Waals surface area contributed by atoms with Gasteiger partial charge in [0.1, 0.15) is 18.1 Å². The van der Waals surface area contributed by atoms with Gasteiger partial charge in [-0.1, -0.05) is 11.6 Å². The van der Waals surface area contributed by atoms with Crippen LogP contribution in [0.25, 0.3) is 0 Å². The Morgan fingerprint density at radius 2 is 1.83 bits per heavy atom. The van der Waals surface area contributed by atoms with Crippen LogP contribution < -0.4 is 10.1 Å². The highest BCUT2D eigenvalue weighted by molar-refractivity contribution is 7.89. The van der Waals surface area contributed by atoms with Crippen molar-refractivity contribution in [3.8, 4) is 5.75 Å². The summed E-state index contributed by atoms with van der Waals surface area (Å²) < 4.78 is 48.2. The van der Waals surface area contributed by atoms with Crippen molar-refractivity contribution in [3.05, 3.63) is 53.3 Å². The molecule has 1 amide bonds. The van der Waals surface area contributed by atoms with E-state index in [4.69, 9.17) is 21.1 Å². The van der Waals surface area contributed by atoms with E-state index in [9.17, 15) is 22.4 Å². The number of hydrogen-bond donors (Lipinski definition) is 1. The number of hydrogen-bond acceptors (Lipinski definition) is 6. The second kappa shape index (κ2) is 9.68. The lowest BCUT2D eigenvalue weighted by atomic mass is 10.3. The molecule has 0 radical (unpaired) electrons. The number of sulfonamides is 1. The van der Waals surface area contributed by atoms with E-state index in [0.717, 1.165) is 28.6 Å². The average Bonchev–Trinajstić information content (AvgIpc) is 2.67. The number of rotatable bonds is 8. The molecule has 0 aliphatic carbocycles. The molecule has 0 aliphatic heterocycles. The van der Waals surface area contributed by atoms with Crippen LogP contribution in [0.4, 0.5) is 10.1 Å². The molecule has 2 aromatic rings. The first-order valence-electron chi connectivity index (χ1n) is 8.14. The van der Waals surface area contributed by atoms with Gasteiger partial charge in [0.15, 0.2) is 6.61 Å². The van der Waals surface area contributed by atoms with Crippen LogP contribution >= 0.6 is 11.6 Å². The predicted molar refractivity (Wildman–Crippen MR) is 104 cm³/mol. The zero-order chi connectivity index (χ0) is 21.6. The molecule has 8 nitrogen and oxygen atoms in total. The summed E-state index contributed by atoms with van der Waals surface area (Å²) in [6.07, 6.45) is 0. The lowest BCUT2D eigenvalue weighted by Gasteiger charge is -2.16. The summed E-state index contributed by atoms with van der Waals surface area (Å²) in [5.74, 6) is -1.72. The van der Waals surface area contributed by atoms with Gasteiger partial charge < -0.3 is 14.8 Å². The van der Waals surface area contributed by atoms with E-state index in [-0.39, 0.29) is 9.92 Å². The predicted octanol–water partition coefficient (Wildman–Crippen LogP) is 2.29. The SMILES string of the molecule is COc1ccc(NC(=O)COC(=O)CN(C)S(=O)(=O)c2ccc(F)cc2)cc1Cl. The van der Waals surface area contributed by atoms with E-state index in [1.807, 2.05) is 0 Å². The van der Waals surface area contributed by atoms with Crippen molar-refractivity contribution >= 4 is 39.2 Å². The fraction of sp³-hybridized carbons (Fsp3) is 0.222. The second-order valence-electron chi connectivity index (χ2n) is 5.77. The van der Waals surface area contributed by atoms with Gasteiger partial charge in [-0.3, -0.25) is 9.59 Å². The molecular weight excluding hydrogens is 427 g/mol. The van der Waals surface area contributed by atoms with E-state index < -0.39 is 40.9 Å². The van der Waals surface area contributed by atoms with E-state index in [2.05, 4.69) is 5.32 Å². The topological polar surface area (TPSA) is 102 Å². The number of halogens is 2. The van der Waals surface area contributed by atoms with Crippen LogP contribution in [0, 0.1) is 5.82 Å². The van der Waals surface area contributed by atoms with Crippen molar-refractivity contribution in [1.82, 2.24) is 4.31 Å². The fourth-order valence-corrected chi connectivity index (χ4v) is 3.56. The fourth-order valence-electron chi connectivity index (χ4n) is 2.19. The molecule has 29 heavy (non-hydrogen) atoms. The number of methoxy groups -OCH3 is 1. The lowest BCUT2D eigenvalue weighted by Crippen LogP contribution is -2.34. The van der Waals surface area contributed by atoms with Crippen LogP contribution in [0.3, 0.4) is 0 Å². The maximum atomic E-state index is 12.9. The number of carbonyl (C=O) groups excluding carboxylic acids is 2. The zero-order valence-corrected chi connectivity index (χ0v) is 17.1. The Morgan fingerprint density at radius 3 is 2.41 bits per heavy atom. The first-order valence-corrected chi connectivity index (χ1v) is 9.96. The number of nitrogens with one attached hydrogen (secondary N) is 1. The number of carbonyl (C=O) groups is 2. The van der Waals surface area contributed by atoms with Crippen molar-refractivity contribution in [2.75, 3.05) is 32.6 Å². The summed E-state index contributed by atoms with van der Waals surface area (Å²) in [6, 6.07) is 8.72. The van der Waals surface area contributed by atoms with Crippen LogP contribution in [0.5, 0.6) is 5.75 Å². The number of ether oxygens (including phenoxy) is 2. The van der Waals surface area contributed by atoms with Gasteiger partial charge in [0.2, 0.25) is 10.0 Å². The number of benzene rings is 2. The molecule has 0 heterocycles. The first kappa shape index (κ1) is 22.6. The minimum atomic E-state index is -4.01. The standard InChI is InChI=1S/C18H18ClFN2O6S/c1-22(29(25,26)14-6-3-12(20)4-7-14)10-18(24)28-11-17(23)21-13-5-8-16(27-2)15(19)9-13/h3-9H,10-11H2,1-2H3,(H,21,23). The van der Waals surface area contributed by atoms with Gasteiger partial charge in [-0.25, -0.2) is 12.8 Å². The quantitative estimate of drug-likeness (QED) is 0.627. The molecule has 0 aliphatic rings. The highest BCUT2D eigenvalue weighted by Crippen LogP contribution is 2.27. The molecule has 0 fully saturated rings. The molecule has 11 heteroatoms. The summed E-state index contributed by atoms with van der Waals surface area (Å²) >= 11 is 5.95. The number of nitrogens with zero attached hydrogens (tertiary/aromatic N) is 1. The summed E-state index contributed by atoms with van der Waals surface area (Å²) in [5.41, 5.74) is 0.368. The van der Waals surface area contributed by atoms with E-state index in [0.29, 0.717) is 11.4 Å². The summed E-state index contributed by atoms with van der Waals surface area (Å²) in [4.78, 5) is 23.6. The van der Waals surface area contributed by atoms with E-state index in [1.54, 1.807) is 12.1 Å². The van der Waals surface area contributed by atoms with Crippen molar-refractivity contribution in [2.24, 2.45) is 0 Å². The largest absolute Gasteiger partial charge is 0.495 e. The molecule has 2 aromatic carbocycles. The summed E-state index contributed by atoms with van der Waals surface area (Å²) in [7, 11) is -1.39. The zero-order valence-electron chi connectivity index (χ0n) is 15.5. The molecule has 0 bridgehead atoms. The Hall–Kier alpha value is -2.69. The maximum absolute atomic E-state index is 12.9. The van der Waals surface area contributed by atoms with Gasteiger partial charge in [0.05, 0.1) is 17.0 Å². The maximum Gasteiger partial charge on any atom is 0.321 e. The Kier molecular flexibility index (Phi) is 7.54. The molecule has 0 saturated heterocycles. The summed E-state index contributed by atoms with van der Waals surface area (Å²) in [5, 5.41) is 2.77. The Bertz CT molecular complexity index is 998. The molecular formula is C18H18ClFN2O6S. The van der Waals surface area contributed by atoms with Crippen LogP contribution in [0.2, 0.25) is 5.02 Å². The molecule has 0 aromatic heterocycles. The number of anilines is 1. The van der Waals surface area contributed by atoms with Crippen LogP contribution in [-0.4, -0.2) is 51.9 Å². The number of amides is 1. The third kappa shape index (κ3) is 6.14. The lowest BCUT2D eigenvalue weighted by molar-refractivity contribution is -0.147. The van der Waals surface area contributed by atoms with Gasteiger partial charge in [0, 0.05) is 12.7 Å². The molecule has 156 valence electrons. The van der Waals surface area contributed by atoms with E-state index in [1.165, 1.54) is 20.2 Å². The van der Waals surface area contributed by atoms with Crippen LogP contribution in [0.1, 0.15) is 0 Å². The number of likely N-dealkylation sites (N-methyl/N-ethyl adjacent to an activating group) is 1. The van der Waals surface area contributed by atoms with Gasteiger partial charge in [-0.15, -0.1) is 0 Å². The highest BCUT2D eigenvalue weighted by Gasteiger charge is 2.24. The summed E-state index contributed by atoms with van der Waals surface area (Å²) in [6.45, 7) is -1.24. The third-order valence-electron chi connectivity index (χ3n) is 3.67. The molecule has 0 saturated carbocycles. The Morgan fingerprint density at radius 1 is 1.17 bits per heavy atom. The third-order valence-corrected chi connectivity index (χ3v) is 5.79. The molecule has 0 spiro atoms. The Balaban J connectivity index is 1.87. The van der Waals surface area contributed by atoms with Gasteiger partial charge in [0.25, 0.3) is 5.91 Å². The normalized spacial score (nSPS) is 11.2. The number of esters is 1. The van der Waals surface area contributed by atoms with Gasteiger partial charge in [-0.2, -0.15) is 4.31 Å². The van der Waals surface area contributed by atoms with Crippen LogP contribution in [0.15, 0.2) is 47.4 Å². The van der Waals surface area contributed by atoms with E-state index >= 15 is 0 Å². The van der Waals surface area contributed by atoms with Gasteiger partial charge in [-0.05, 0) is 42.5 Å². The minimum absolute atomic E-state index is 0.177.